The van der Waals surface area contributed by atoms with Gasteiger partial charge >= 0.3 is 0 Å². The quantitative estimate of drug-likeness (QED) is 0.135. The molecule has 3 aliphatic heterocycles. The van der Waals surface area contributed by atoms with Crippen molar-refractivity contribution in [1.29, 1.82) is 0 Å². The maximum atomic E-state index is 11.9. The summed E-state index contributed by atoms with van der Waals surface area (Å²) in [7, 11) is 0. The van der Waals surface area contributed by atoms with Gasteiger partial charge in [0.05, 0.1) is 19.8 Å². The fourth-order valence-corrected chi connectivity index (χ4v) is 4.46. The van der Waals surface area contributed by atoms with Crippen molar-refractivity contribution in [3.05, 3.63) is 0 Å². The summed E-state index contributed by atoms with van der Waals surface area (Å²) in [6.07, 6.45) is -23.2. The Labute approximate surface area is 210 Å². The minimum absolute atomic E-state index is 0.684. The molecule has 0 radical (unpaired) electrons. The monoisotopic (exact) mass is 545 g/mol. The SMILES string of the molecule is CC(=O)N[C@H]1[C@H](O[C@H]2[C@@H](O)[C@@H](CO)OC(O)[C@@H]2O)O[C@H](CO)[C@H](O[C@H]2O[C@H](CO)[C@H](O)[C@H](O)[C@H]2O)[C@@H]1O. The molecule has 11 N–H and O–H groups in total. The van der Waals surface area contributed by atoms with Crippen LogP contribution in [-0.2, 0) is 28.5 Å². The van der Waals surface area contributed by atoms with Crippen LogP contribution in [-0.4, -0.2) is 169 Å². The number of hydrogen-bond acceptors (Lipinski definition) is 16. The molecule has 0 aromatic rings. The molecule has 0 saturated carbocycles. The van der Waals surface area contributed by atoms with Gasteiger partial charge in [0.25, 0.3) is 0 Å². The van der Waals surface area contributed by atoms with Crippen molar-refractivity contribution in [2.75, 3.05) is 19.8 Å². The smallest absolute Gasteiger partial charge is 0.217 e. The van der Waals surface area contributed by atoms with Crippen molar-refractivity contribution >= 4 is 5.91 Å². The number of amides is 1. The predicted molar refractivity (Wildman–Crippen MR) is 113 cm³/mol. The van der Waals surface area contributed by atoms with Gasteiger partial charge in [-0.05, 0) is 0 Å². The highest BCUT2D eigenvalue weighted by atomic mass is 16.7. The molecule has 0 aromatic carbocycles. The molecule has 0 bridgehead atoms. The fourth-order valence-electron chi connectivity index (χ4n) is 4.46. The second-order valence-electron chi connectivity index (χ2n) is 9.07. The molecule has 1 unspecified atom stereocenters. The molecule has 0 aromatic heterocycles. The normalized spacial score (nSPS) is 49.0. The predicted octanol–water partition coefficient (Wildman–Crippen LogP) is -7.43. The van der Waals surface area contributed by atoms with E-state index in [9.17, 15) is 55.9 Å². The summed E-state index contributed by atoms with van der Waals surface area (Å²) in [5, 5.41) is 103. The number of ether oxygens (including phenoxy) is 5. The van der Waals surface area contributed by atoms with E-state index in [1.165, 1.54) is 0 Å². The molecule has 216 valence electrons. The molecule has 3 aliphatic rings. The first-order valence-electron chi connectivity index (χ1n) is 11.6. The lowest BCUT2D eigenvalue weighted by molar-refractivity contribution is -0.365. The summed E-state index contributed by atoms with van der Waals surface area (Å²) >= 11 is 0. The van der Waals surface area contributed by atoms with Crippen LogP contribution in [0, 0.1) is 0 Å². The van der Waals surface area contributed by atoms with E-state index >= 15 is 0 Å². The van der Waals surface area contributed by atoms with Gasteiger partial charge in [-0.15, -0.1) is 0 Å². The van der Waals surface area contributed by atoms with Crippen LogP contribution in [0.1, 0.15) is 6.92 Å². The number of hydrogen-bond donors (Lipinski definition) is 11. The van der Waals surface area contributed by atoms with Gasteiger partial charge in [0.2, 0.25) is 5.91 Å². The van der Waals surface area contributed by atoms with Crippen LogP contribution >= 0.6 is 0 Å². The Hall–Kier alpha value is -1.13. The van der Waals surface area contributed by atoms with Crippen molar-refractivity contribution in [3.8, 4) is 0 Å². The van der Waals surface area contributed by atoms with Gasteiger partial charge in [-0.2, -0.15) is 0 Å². The van der Waals surface area contributed by atoms with Gasteiger partial charge in [0.1, 0.15) is 73.2 Å². The molecular formula is C20H35NO16. The Morgan fingerprint density at radius 2 is 1.19 bits per heavy atom. The van der Waals surface area contributed by atoms with Crippen LogP contribution in [0.5, 0.6) is 0 Å². The highest BCUT2D eigenvalue weighted by Crippen LogP contribution is 2.32. The van der Waals surface area contributed by atoms with E-state index in [2.05, 4.69) is 5.32 Å². The number of rotatable bonds is 8. The lowest BCUT2D eigenvalue weighted by Crippen LogP contribution is -2.69. The molecule has 3 rings (SSSR count). The molecule has 0 spiro atoms. The first-order chi connectivity index (χ1) is 17.4. The zero-order valence-electron chi connectivity index (χ0n) is 19.7. The third-order valence-electron chi connectivity index (χ3n) is 6.49. The Morgan fingerprint density at radius 1 is 0.649 bits per heavy atom. The van der Waals surface area contributed by atoms with Crippen molar-refractivity contribution in [1.82, 2.24) is 5.32 Å². The summed E-state index contributed by atoms with van der Waals surface area (Å²) in [4.78, 5) is 11.9. The second kappa shape index (κ2) is 12.8. The zero-order chi connectivity index (χ0) is 27.6. The van der Waals surface area contributed by atoms with E-state index in [1.807, 2.05) is 0 Å². The third-order valence-corrected chi connectivity index (χ3v) is 6.49. The average molecular weight is 545 g/mol. The first kappa shape index (κ1) is 30.4. The van der Waals surface area contributed by atoms with E-state index < -0.39 is 118 Å². The molecule has 15 atom stereocenters. The van der Waals surface area contributed by atoms with E-state index in [4.69, 9.17) is 23.7 Å². The van der Waals surface area contributed by atoms with Gasteiger partial charge < -0.3 is 80.1 Å². The molecule has 17 heteroatoms. The van der Waals surface area contributed by atoms with Crippen LogP contribution in [0.3, 0.4) is 0 Å². The van der Waals surface area contributed by atoms with Gasteiger partial charge in [0, 0.05) is 6.92 Å². The van der Waals surface area contributed by atoms with Crippen LogP contribution < -0.4 is 5.32 Å². The standard InChI is InChI=1S/C20H35NO16/c1-5(25)21-9-12(28)16(36-20-14(30)13(29)10(26)6(2-22)34-20)8(4-24)35-19(9)37-17-11(27)7(3-23)33-18(32)15(17)31/h6-20,22-24,26-32H,2-4H2,1H3,(H,21,25)/t6-,7-,8-,9-,10+,11+,12-,13+,14-,15-,16+,17+,18?,19+,20-/m1/s1. The van der Waals surface area contributed by atoms with Gasteiger partial charge in [-0.1, -0.05) is 0 Å². The van der Waals surface area contributed by atoms with Crippen LogP contribution in [0.2, 0.25) is 0 Å². The number of nitrogens with one attached hydrogen (secondary N) is 1. The van der Waals surface area contributed by atoms with Gasteiger partial charge in [-0.25, -0.2) is 0 Å². The van der Waals surface area contributed by atoms with Crippen LogP contribution in [0.25, 0.3) is 0 Å². The van der Waals surface area contributed by atoms with Crippen molar-refractivity contribution in [3.63, 3.8) is 0 Å². The zero-order valence-corrected chi connectivity index (χ0v) is 19.7. The van der Waals surface area contributed by atoms with Gasteiger partial charge in [-0.3, -0.25) is 4.79 Å². The van der Waals surface area contributed by atoms with E-state index in [0.717, 1.165) is 6.92 Å². The lowest BCUT2D eigenvalue weighted by atomic mass is 9.94. The van der Waals surface area contributed by atoms with Crippen molar-refractivity contribution in [2.24, 2.45) is 0 Å². The summed E-state index contributed by atoms with van der Waals surface area (Å²) in [6, 6.07) is -1.48. The molecule has 17 nitrogen and oxygen atoms in total. The molecular weight excluding hydrogens is 510 g/mol. The second-order valence-corrected chi connectivity index (χ2v) is 9.07. The van der Waals surface area contributed by atoms with Crippen LogP contribution in [0.4, 0.5) is 0 Å². The van der Waals surface area contributed by atoms with Crippen molar-refractivity contribution in [2.45, 2.75) is 99.0 Å². The molecule has 37 heavy (non-hydrogen) atoms. The Bertz CT molecular complexity index is 745. The summed E-state index contributed by atoms with van der Waals surface area (Å²) in [5.74, 6) is -0.684. The maximum Gasteiger partial charge on any atom is 0.217 e. The summed E-state index contributed by atoms with van der Waals surface area (Å²) < 4.78 is 27.0. The molecule has 0 aliphatic carbocycles. The third kappa shape index (κ3) is 6.38. The molecule has 3 heterocycles. The number of aliphatic hydroxyl groups is 10. The Balaban J connectivity index is 1.83. The minimum Gasteiger partial charge on any atom is -0.394 e. The molecule has 3 fully saturated rings. The highest BCUT2D eigenvalue weighted by Gasteiger charge is 2.53. The number of aliphatic hydroxyl groups excluding tert-OH is 10. The summed E-state index contributed by atoms with van der Waals surface area (Å²) in [5.41, 5.74) is 0. The first-order valence-corrected chi connectivity index (χ1v) is 11.6. The fraction of sp³-hybridized carbons (Fsp3) is 0.950. The topological polar surface area (TPSA) is 278 Å². The van der Waals surface area contributed by atoms with Crippen molar-refractivity contribution < 1.29 is 79.5 Å². The lowest BCUT2D eigenvalue weighted by Gasteiger charge is -2.49. The number of carbonyl (C=O) groups excluding carboxylic acids is 1. The maximum absolute atomic E-state index is 11.9. The molecule has 3 saturated heterocycles. The minimum atomic E-state index is -1.87. The summed E-state index contributed by atoms with van der Waals surface area (Å²) in [6.45, 7) is -1.23. The highest BCUT2D eigenvalue weighted by molar-refractivity contribution is 5.73. The average Bonchev–Trinajstić information content (AvgIpc) is 2.87. The van der Waals surface area contributed by atoms with Gasteiger partial charge in [0.15, 0.2) is 18.9 Å². The van der Waals surface area contributed by atoms with E-state index in [0.29, 0.717) is 0 Å². The Morgan fingerprint density at radius 3 is 1.76 bits per heavy atom. The van der Waals surface area contributed by atoms with E-state index in [-0.39, 0.29) is 0 Å². The Kier molecular flexibility index (Phi) is 10.5. The van der Waals surface area contributed by atoms with E-state index in [1.54, 1.807) is 0 Å². The molecule has 1 amide bonds. The largest absolute Gasteiger partial charge is 0.394 e. The number of carbonyl (C=O) groups is 1. The van der Waals surface area contributed by atoms with Crippen LogP contribution in [0.15, 0.2) is 0 Å².